The second-order valence-electron chi connectivity index (χ2n) is 0.596. The van der Waals surface area contributed by atoms with Crippen LogP contribution in [0.1, 0.15) is 0 Å². The van der Waals surface area contributed by atoms with Crippen LogP contribution in [-0.2, 0) is 5.36 Å². The van der Waals surface area contributed by atoms with Crippen molar-refractivity contribution < 1.29 is 55.0 Å². The number of hydrogen-bond acceptors (Lipinski definition) is 2. The molecule has 0 amide bonds. The molecule has 0 heterocycles. The number of hydrogen-bond donors (Lipinski definition) is 2. The van der Waals surface area contributed by atoms with Gasteiger partial charge in [0.2, 0.25) is 0 Å². The molecule has 0 rings (SSSR count). The molecule has 0 spiro atoms. The zero-order valence-electron chi connectivity index (χ0n) is 2.74. The molecule has 4 nitrogen and oxygen atoms in total. The predicted octanol–water partition coefficient (Wildman–Crippen LogP) is -0.440. The van der Waals surface area contributed by atoms with Gasteiger partial charge in [-0.3, -0.25) is 0 Å². The third kappa shape index (κ3) is 5.47. The monoisotopic (exact) mass is 238 g/mol. The Balaban J connectivity index is 3.48. The Kier molecular flexibility index (Phi) is 3.36. The summed E-state index contributed by atoms with van der Waals surface area (Å²) in [6.07, 6.45) is 0. The molecule has 6 heteroatoms. The molecule has 0 fully saturated rings. The molecule has 34 valence electrons. The molecule has 0 aromatic rings. The van der Waals surface area contributed by atoms with Crippen molar-refractivity contribution >= 4 is 7.82 Å². The topological polar surface area (TPSA) is 66.8 Å². The summed E-state index contributed by atoms with van der Waals surface area (Å²) in [5.41, 5.74) is 0. The third-order valence-electron chi connectivity index (χ3n) is 0.137. The van der Waals surface area contributed by atoms with Crippen LogP contribution in [0.25, 0.3) is 0 Å². The fourth-order valence-electron chi connectivity index (χ4n) is 0. The van der Waals surface area contributed by atoms with E-state index in [4.69, 9.17) is 9.79 Å². The van der Waals surface area contributed by atoms with Crippen molar-refractivity contribution in [3.8, 4) is 0 Å². The van der Waals surface area contributed by atoms with Gasteiger partial charge in [-0.2, -0.15) is 0 Å². The van der Waals surface area contributed by atoms with Gasteiger partial charge in [0, 0.05) is 0 Å². The van der Waals surface area contributed by atoms with E-state index in [9.17, 15) is 4.57 Å². The Hall–Kier alpha value is 1.47. The first-order valence-electron chi connectivity index (χ1n) is 1.00. The van der Waals surface area contributed by atoms with Crippen molar-refractivity contribution in [2.24, 2.45) is 0 Å². The first kappa shape index (κ1) is 7.47. The number of phosphoric acid groups is 1. The van der Waals surface area contributed by atoms with Crippen molar-refractivity contribution in [3.63, 3.8) is 0 Å². The average molecular weight is 238 g/mol. The zero-order chi connectivity index (χ0) is 5.21. The molecule has 0 saturated heterocycles. The first-order chi connectivity index (χ1) is 2.56. The Labute approximate surface area is 62.2 Å². The van der Waals surface area contributed by atoms with Crippen LogP contribution in [0.2, 0.25) is 0 Å². The first-order valence-corrected chi connectivity index (χ1v) is 4.04. The molecular weight excluding hydrogens is 236 g/mol. The van der Waals surface area contributed by atoms with E-state index < -0.39 is 7.82 Å². The summed E-state index contributed by atoms with van der Waals surface area (Å²) in [7, 11) is -4.07. The molecule has 6 heavy (non-hydrogen) atoms. The molecule has 0 aromatic heterocycles. The van der Waals surface area contributed by atoms with Gasteiger partial charge in [0.1, 0.15) is 0 Å². The van der Waals surface area contributed by atoms with Gasteiger partial charge in [-0.15, -0.1) is 0 Å². The van der Waals surface area contributed by atoms with Crippen molar-refractivity contribution in [1.82, 2.24) is 0 Å². The van der Waals surface area contributed by atoms with Crippen LogP contribution in [0.3, 0.4) is 0 Å². The summed E-state index contributed by atoms with van der Waals surface area (Å²) < 4.78 is 13.3. The standard InChI is InChI=1S/H3O4P.Pr/c1-5(2,3)4;/h(H3,1,2,3,4);/q;+1/p-1. The second-order valence-corrected chi connectivity index (χ2v) is 3.82. The summed E-state index contributed by atoms with van der Waals surface area (Å²) in [5.74, 6) is 0. The SMILES string of the molecule is O=P(O)(O)[O][Pr]. The van der Waals surface area contributed by atoms with Crippen LogP contribution in [0.4, 0.5) is 0 Å². The Morgan fingerprint density at radius 2 is 1.83 bits per heavy atom. The molecular formula is H2O4PPr. The van der Waals surface area contributed by atoms with Crippen LogP contribution in [0.15, 0.2) is 0 Å². The molecule has 0 aliphatic heterocycles. The second kappa shape index (κ2) is 2.70. The number of rotatable bonds is 1. The summed E-state index contributed by atoms with van der Waals surface area (Å²) in [6.45, 7) is 0. The van der Waals surface area contributed by atoms with Crippen LogP contribution < -0.4 is 0 Å². The fourth-order valence-corrected chi connectivity index (χ4v) is 0. The maximum absolute atomic E-state index is 9.51. The molecule has 0 bridgehead atoms. The van der Waals surface area contributed by atoms with Gasteiger partial charge in [0.15, 0.2) is 0 Å². The van der Waals surface area contributed by atoms with Gasteiger partial charge < -0.3 is 0 Å². The summed E-state index contributed by atoms with van der Waals surface area (Å²) >= 11 is -0.0872. The predicted molar refractivity (Wildman–Crippen MR) is 13.1 cm³/mol. The Morgan fingerprint density at radius 1 is 1.67 bits per heavy atom. The average Bonchev–Trinajstić information content (AvgIpc) is 1.35. The van der Waals surface area contributed by atoms with Gasteiger partial charge in [0.05, 0.1) is 0 Å². The van der Waals surface area contributed by atoms with E-state index >= 15 is 0 Å². The van der Waals surface area contributed by atoms with Crippen molar-refractivity contribution in [1.29, 1.82) is 0 Å². The minimum absolute atomic E-state index is 0.0872. The van der Waals surface area contributed by atoms with Crippen LogP contribution in [0, 0.1) is 39.8 Å². The van der Waals surface area contributed by atoms with Gasteiger partial charge in [0.25, 0.3) is 0 Å². The molecule has 0 aliphatic rings. The molecule has 0 radical (unpaired) electrons. The van der Waals surface area contributed by atoms with E-state index in [0.717, 1.165) is 0 Å². The molecule has 0 aliphatic carbocycles. The quantitative estimate of drug-likeness (QED) is 0.607. The van der Waals surface area contributed by atoms with Crippen LogP contribution >= 0.6 is 7.82 Å². The Bertz CT molecular complexity index is 71.6. The molecule has 0 aromatic carbocycles. The van der Waals surface area contributed by atoms with E-state index in [2.05, 4.69) is 0.795 Å². The van der Waals surface area contributed by atoms with Gasteiger partial charge in [-0.1, -0.05) is 0 Å². The summed E-state index contributed by atoms with van der Waals surface area (Å²) in [6, 6.07) is 0. The molecule has 0 atom stereocenters. The maximum atomic E-state index is 9.51. The normalized spacial score (nSPS) is 11.5. The van der Waals surface area contributed by atoms with E-state index in [1.54, 1.807) is 0 Å². The van der Waals surface area contributed by atoms with E-state index in [-0.39, 0.29) is 39.8 Å². The third-order valence-corrected chi connectivity index (χ3v) is 3.06. The minimum atomic E-state index is -4.07. The van der Waals surface area contributed by atoms with Gasteiger partial charge in [-0.05, 0) is 0 Å². The Morgan fingerprint density at radius 3 is 1.83 bits per heavy atom. The summed E-state index contributed by atoms with van der Waals surface area (Å²) in [5, 5.41) is 0. The van der Waals surface area contributed by atoms with Gasteiger partial charge in [-0.25, -0.2) is 0 Å². The van der Waals surface area contributed by atoms with E-state index in [1.807, 2.05) is 0 Å². The van der Waals surface area contributed by atoms with Crippen molar-refractivity contribution in [2.45, 2.75) is 0 Å². The zero-order valence-corrected chi connectivity index (χ0v) is 7.33. The van der Waals surface area contributed by atoms with Crippen LogP contribution in [-0.4, -0.2) is 9.79 Å². The van der Waals surface area contributed by atoms with E-state index in [0.29, 0.717) is 0 Å². The van der Waals surface area contributed by atoms with Crippen molar-refractivity contribution in [3.05, 3.63) is 0 Å². The molecule has 0 saturated carbocycles. The molecule has 2 N–H and O–H groups in total. The molecule has 0 unspecified atom stereocenters. The van der Waals surface area contributed by atoms with Crippen molar-refractivity contribution in [2.75, 3.05) is 0 Å². The van der Waals surface area contributed by atoms with Gasteiger partial charge >= 0.3 is 62.8 Å². The summed E-state index contributed by atoms with van der Waals surface area (Å²) in [4.78, 5) is 15.5. The fraction of sp³-hybridized carbons (Fsp3) is 0. The van der Waals surface area contributed by atoms with E-state index in [1.165, 1.54) is 0 Å². The van der Waals surface area contributed by atoms with Crippen LogP contribution in [0.5, 0.6) is 0 Å².